The molecule has 4 aromatic carbocycles. The minimum atomic E-state index is 0.200. The van der Waals surface area contributed by atoms with Crippen molar-refractivity contribution in [2.24, 2.45) is 5.41 Å². The maximum absolute atomic E-state index is 6.78. The summed E-state index contributed by atoms with van der Waals surface area (Å²) in [6.45, 7) is 15.5. The van der Waals surface area contributed by atoms with Crippen LogP contribution in [-0.4, -0.2) is 19.3 Å². The molecular formula is C45H48N4O. The number of hydrogen-bond donors (Lipinski definition) is 0. The van der Waals surface area contributed by atoms with Gasteiger partial charge in [-0.3, -0.25) is 4.57 Å². The third-order valence-corrected chi connectivity index (χ3v) is 9.52. The molecule has 50 heavy (non-hydrogen) atoms. The first-order valence-electron chi connectivity index (χ1n) is 18.0. The molecule has 3 aromatic heterocycles. The number of fused-ring (bicyclic) bond motifs is 3. The van der Waals surface area contributed by atoms with Crippen LogP contribution in [0.15, 0.2) is 103 Å². The van der Waals surface area contributed by atoms with Gasteiger partial charge in [-0.1, -0.05) is 76.9 Å². The highest BCUT2D eigenvalue weighted by Crippen LogP contribution is 2.37. The topological polar surface area (TPSA) is 44.9 Å². The van der Waals surface area contributed by atoms with Crippen molar-refractivity contribution in [3.8, 4) is 34.1 Å². The number of pyridine rings is 1. The third kappa shape index (κ3) is 6.82. The van der Waals surface area contributed by atoms with Crippen molar-refractivity contribution in [3.63, 3.8) is 0 Å². The Labute approximate surface area is 296 Å². The summed E-state index contributed by atoms with van der Waals surface area (Å²) in [6, 6.07) is 34.7. The lowest BCUT2D eigenvalue weighted by molar-refractivity contribution is 0.411. The Morgan fingerprint density at radius 1 is 0.720 bits per heavy atom. The molecule has 7 rings (SSSR count). The van der Waals surface area contributed by atoms with E-state index < -0.39 is 0 Å². The van der Waals surface area contributed by atoms with E-state index in [2.05, 4.69) is 149 Å². The second-order valence-electron chi connectivity index (χ2n) is 15.0. The SMILES string of the molecule is CCCCCc1cc(Oc2ccc3c4cc(CC(C)(C)C)ccc4n(-c4cc(C)ccn4)c3c2)cc(-n2nc(C)c(-c3ccccc3)c2C)c1. The zero-order chi connectivity index (χ0) is 35.0. The van der Waals surface area contributed by atoms with Crippen molar-refractivity contribution >= 4 is 21.8 Å². The first-order chi connectivity index (χ1) is 24.1. The summed E-state index contributed by atoms with van der Waals surface area (Å²) in [6.07, 6.45) is 7.42. The second kappa shape index (κ2) is 13.6. The number of nitrogens with zero attached hydrogens (tertiary/aromatic N) is 4. The molecule has 0 saturated carbocycles. The van der Waals surface area contributed by atoms with Crippen LogP contribution in [0, 0.1) is 26.2 Å². The van der Waals surface area contributed by atoms with Crippen molar-refractivity contribution in [2.45, 2.75) is 80.6 Å². The molecule has 0 N–H and O–H groups in total. The smallest absolute Gasteiger partial charge is 0.137 e. The first kappa shape index (κ1) is 33.3. The largest absolute Gasteiger partial charge is 0.457 e. The number of hydrogen-bond acceptors (Lipinski definition) is 3. The minimum Gasteiger partial charge on any atom is -0.457 e. The molecule has 0 atom stereocenters. The van der Waals surface area contributed by atoms with Gasteiger partial charge >= 0.3 is 0 Å². The fourth-order valence-corrected chi connectivity index (χ4v) is 7.32. The molecule has 0 aliphatic rings. The molecule has 7 aromatic rings. The predicted octanol–water partition coefficient (Wildman–Crippen LogP) is 12.1. The zero-order valence-corrected chi connectivity index (χ0v) is 30.5. The molecule has 0 aliphatic carbocycles. The number of aryl methyl sites for hydroxylation is 3. The van der Waals surface area contributed by atoms with Gasteiger partial charge in [0.25, 0.3) is 0 Å². The van der Waals surface area contributed by atoms with Gasteiger partial charge < -0.3 is 4.74 Å². The second-order valence-corrected chi connectivity index (χ2v) is 15.0. The molecule has 0 fully saturated rings. The Morgan fingerprint density at radius 2 is 1.54 bits per heavy atom. The number of benzene rings is 4. The monoisotopic (exact) mass is 660 g/mol. The lowest BCUT2D eigenvalue weighted by atomic mass is 9.88. The van der Waals surface area contributed by atoms with Crippen LogP contribution in [0.2, 0.25) is 0 Å². The van der Waals surface area contributed by atoms with Crippen molar-refractivity contribution in [1.29, 1.82) is 0 Å². The lowest BCUT2D eigenvalue weighted by Crippen LogP contribution is -2.08. The molecule has 0 saturated heterocycles. The summed E-state index contributed by atoms with van der Waals surface area (Å²) in [7, 11) is 0. The van der Waals surface area contributed by atoms with E-state index in [-0.39, 0.29) is 5.41 Å². The van der Waals surface area contributed by atoms with Gasteiger partial charge in [-0.05, 0) is 116 Å². The van der Waals surface area contributed by atoms with Gasteiger partial charge in [0.1, 0.15) is 17.3 Å². The van der Waals surface area contributed by atoms with Crippen LogP contribution in [0.3, 0.4) is 0 Å². The van der Waals surface area contributed by atoms with Gasteiger partial charge in [0.05, 0.1) is 22.4 Å². The zero-order valence-electron chi connectivity index (χ0n) is 30.5. The Balaban J connectivity index is 1.33. The molecule has 5 nitrogen and oxygen atoms in total. The van der Waals surface area contributed by atoms with E-state index in [0.29, 0.717) is 0 Å². The van der Waals surface area contributed by atoms with Gasteiger partial charge in [0.15, 0.2) is 0 Å². The van der Waals surface area contributed by atoms with E-state index in [4.69, 9.17) is 14.8 Å². The average Bonchev–Trinajstić information content (AvgIpc) is 3.56. The van der Waals surface area contributed by atoms with E-state index in [1.54, 1.807) is 0 Å². The van der Waals surface area contributed by atoms with Crippen LogP contribution < -0.4 is 4.74 Å². The number of aromatic nitrogens is 4. The van der Waals surface area contributed by atoms with Crippen LogP contribution in [0.4, 0.5) is 0 Å². The summed E-state index contributed by atoms with van der Waals surface area (Å²) >= 11 is 0. The van der Waals surface area contributed by atoms with Crippen LogP contribution in [-0.2, 0) is 12.8 Å². The highest BCUT2D eigenvalue weighted by atomic mass is 16.5. The molecule has 0 radical (unpaired) electrons. The molecule has 5 heteroatoms. The molecule has 3 heterocycles. The third-order valence-electron chi connectivity index (χ3n) is 9.52. The number of unbranched alkanes of at least 4 members (excludes halogenated alkanes) is 2. The summed E-state index contributed by atoms with van der Waals surface area (Å²) in [5.74, 6) is 2.51. The molecule has 0 aliphatic heterocycles. The quantitative estimate of drug-likeness (QED) is 0.137. The number of ether oxygens (including phenoxy) is 1. The fraction of sp³-hybridized carbons (Fsp3) is 0.289. The van der Waals surface area contributed by atoms with E-state index in [9.17, 15) is 0 Å². The van der Waals surface area contributed by atoms with Crippen LogP contribution in [0.1, 0.15) is 75.0 Å². The maximum Gasteiger partial charge on any atom is 0.137 e. The Bertz CT molecular complexity index is 2300. The standard InChI is InChI=1S/C45H48N4O/c1-8-9-11-14-33-24-36(49-32(4)44(31(3)47-49)35-15-12-10-13-16-35)27-38(25-33)50-37-18-19-39-40-26-34(29-45(5,6)7)17-20-41(40)48(42(39)28-37)43-23-30(2)21-22-46-43/h10,12-13,15-28H,8-9,11,14,29H2,1-7H3. The highest BCUT2D eigenvalue weighted by molar-refractivity contribution is 6.09. The first-order valence-corrected chi connectivity index (χ1v) is 18.0. The van der Waals surface area contributed by atoms with Gasteiger partial charge in [0.2, 0.25) is 0 Å². The number of rotatable bonds is 10. The van der Waals surface area contributed by atoms with Crippen LogP contribution in [0.5, 0.6) is 11.5 Å². The van der Waals surface area contributed by atoms with Crippen molar-refractivity contribution in [3.05, 3.63) is 131 Å². The highest BCUT2D eigenvalue weighted by Gasteiger charge is 2.19. The Morgan fingerprint density at radius 3 is 2.30 bits per heavy atom. The molecule has 0 unspecified atom stereocenters. The van der Waals surface area contributed by atoms with Gasteiger partial charge in [-0.2, -0.15) is 5.10 Å². The van der Waals surface area contributed by atoms with E-state index in [0.717, 1.165) is 64.7 Å². The molecular weight excluding hydrogens is 613 g/mol. The van der Waals surface area contributed by atoms with Gasteiger partial charge in [0, 0.05) is 40.4 Å². The fourth-order valence-electron chi connectivity index (χ4n) is 7.32. The van der Waals surface area contributed by atoms with Crippen molar-refractivity contribution in [1.82, 2.24) is 19.3 Å². The Kier molecular flexibility index (Phi) is 9.09. The molecule has 0 amide bonds. The van der Waals surface area contributed by atoms with Crippen LogP contribution in [0.25, 0.3) is 44.4 Å². The molecule has 254 valence electrons. The Hall–Kier alpha value is -5.16. The summed E-state index contributed by atoms with van der Waals surface area (Å²) < 4.78 is 11.1. The van der Waals surface area contributed by atoms with E-state index in [1.165, 1.54) is 51.4 Å². The summed E-state index contributed by atoms with van der Waals surface area (Å²) in [5, 5.41) is 7.46. The molecule has 0 spiro atoms. The minimum absolute atomic E-state index is 0.200. The maximum atomic E-state index is 6.78. The molecule has 0 bridgehead atoms. The van der Waals surface area contributed by atoms with Crippen molar-refractivity contribution < 1.29 is 4.74 Å². The van der Waals surface area contributed by atoms with Gasteiger partial charge in [-0.25, -0.2) is 9.67 Å². The van der Waals surface area contributed by atoms with E-state index in [1.807, 2.05) is 12.3 Å². The van der Waals surface area contributed by atoms with E-state index >= 15 is 0 Å². The summed E-state index contributed by atoms with van der Waals surface area (Å²) in [4.78, 5) is 4.82. The van der Waals surface area contributed by atoms with Crippen molar-refractivity contribution in [2.75, 3.05) is 0 Å². The lowest BCUT2D eigenvalue weighted by Gasteiger charge is -2.18. The summed E-state index contributed by atoms with van der Waals surface area (Å²) in [5.41, 5.74) is 11.7. The van der Waals surface area contributed by atoms with Gasteiger partial charge in [-0.15, -0.1) is 0 Å². The predicted molar refractivity (Wildman–Crippen MR) is 208 cm³/mol. The average molecular weight is 661 g/mol. The van der Waals surface area contributed by atoms with Crippen LogP contribution >= 0.6 is 0 Å². The normalized spacial score (nSPS) is 11.9.